The summed E-state index contributed by atoms with van der Waals surface area (Å²) in [6.45, 7) is 0.424. The highest BCUT2D eigenvalue weighted by Gasteiger charge is 2.10. The summed E-state index contributed by atoms with van der Waals surface area (Å²) in [7, 11) is 1.63. The molecule has 2 aromatic carbocycles. The summed E-state index contributed by atoms with van der Waals surface area (Å²) in [5, 5.41) is 2.92. The fourth-order valence-electron chi connectivity index (χ4n) is 3.02. The second-order valence-electron chi connectivity index (χ2n) is 7.00. The van der Waals surface area contributed by atoms with Gasteiger partial charge in [-0.15, -0.1) is 0 Å². The number of carbonyl (C=O) groups is 2. The first-order valence-corrected chi connectivity index (χ1v) is 9.75. The number of rotatable bonds is 9. The second kappa shape index (κ2) is 10.2. The lowest BCUT2D eigenvalue weighted by atomic mass is 10.0. The van der Waals surface area contributed by atoms with Crippen molar-refractivity contribution >= 4 is 17.4 Å². The molecule has 3 rings (SSSR count). The van der Waals surface area contributed by atoms with Crippen LogP contribution in [0.1, 0.15) is 33.5 Å². The summed E-state index contributed by atoms with van der Waals surface area (Å²) in [5.74, 6) is 0.775. The summed E-state index contributed by atoms with van der Waals surface area (Å²) in [6, 6.07) is 16.7. The fraction of sp³-hybridized carbons (Fsp3) is 0.208. The van der Waals surface area contributed by atoms with Crippen molar-refractivity contribution in [2.75, 3.05) is 12.8 Å². The van der Waals surface area contributed by atoms with E-state index in [1.807, 2.05) is 36.4 Å². The van der Waals surface area contributed by atoms with E-state index in [1.54, 1.807) is 37.7 Å². The van der Waals surface area contributed by atoms with Crippen LogP contribution in [0.2, 0.25) is 0 Å². The molecule has 3 N–H and O–H groups in total. The van der Waals surface area contributed by atoms with Crippen molar-refractivity contribution in [2.45, 2.75) is 25.8 Å². The van der Waals surface area contributed by atoms with Gasteiger partial charge >= 0.3 is 0 Å². The first-order valence-electron chi connectivity index (χ1n) is 9.75. The number of Topliss-reactive ketones (excluding diaryl/α,β-unsaturated/α-hetero) is 1. The van der Waals surface area contributed by atoms with Gasteiger partial charge in [-0.25, -0.2) is 0 Å². The Morgan fingerprint density at radius 1 is 1.00 bits per heavy atom. The number of hydrogen-bond donors (Lipinski definition) is 2. The minimum Gasteiger partial charge on any atom is -0.497 e. The molecule has 0 aliphatic rings. The van der Waals surface area contributed by atoms with E-state index in [-0.39, 0.29) is 18.1 Å². The maximum atomic E-state index is 12.5. The largest absolute Gasteiger partial charge is 0.497 e. The van der Waals surface area contributed by atoms with Crippen LogP contribution in [-0.4, -0.2) is 23.8 Å². The van der Waals surface area contributed by atoms with Crippen LogP contribution in [0.15, 0.2) is 67.0 Å². The zero-order valence-corrected chi connectivity index (χ0v) is 16.9. The number of nitrogens with zero attached hydrogens (tertiary/aromatic N) is 1. The highest BCUT2D eigenvalue weighted by atomic mass is 16.5. The first-order chi connectivity index (χ1) is 14.5. The zero-order valence-electron chi connectivity index (χ0n) is 16.9. The van der Waals surface area contributed by atoms with Gasteiger partial charge in [0.15, 0.2) is 5.78 Å². The monoisotopic (exact) mass is 403 g/mol. The number of carbonyl (C=O) groups excluding carboxylic acids is 2. The predicted octanol–water partition coefficient (Wildman–Crippen LogP) is 3.35. The molecule has 154 valence electrons. The summed E-state index contributed by atoms with van der Waals surface area (Å²) >= 11 is 0. The van der Waals surface area contributed by atoms with E-state index >= 15 is 0 Å². The molecular weight excluding hydrogens is 378 g/mol. The molecule has 0 fully saturated rings. The Kier molecular flexibility index (Phi) is 7.16. The summed E-state index contributed by atoms with van der Waals surface area (Å²) in [5.41, 5.74) is 9.77. The zero-order chi connectivity index (χ0) is 21.3. The van der Waals surface area contributed by atoms with Gasteiger partial charge < -0.3 is 15.8 Å². The number of ketones is 1. The molecule has 0 radical (unpaired) electrons. The molecule has 1 heterocycles. The predicted molar refractivity (Wildman–Crippen MR) is 116 cm³/mol. The molecule has 30 heavy (non-hydrogen) atoms. The lowest BCUT2D eigenvalue weighted by Gasteiger charge is -2.08. The SMILES string of the molecule is COc1ccc(CCC(=O)NCc2ccc(C(=O)Cc3ccncc3N)cc2)cc1. The maximum absolute atomic E-state index is 12.5. The Hall–Kier alpha value is -3.67. The van der Waals surface area contributed by atoms with E-state index in [0.29, 0.717) is 30.6 Å². The lowest BCUT2D eigenvalue weighted by molar-refractivity contribution is -0.121. The fourth-order valence-corrected chi connectivity index (χ4v) is 3.02. The number of anilines is 1. The quantitative estimate of drug-likeness (QED) is 0.535. The molecule has 0 unspecified atom stereocenters. The number of aromatic nitrogens is 1. The Bertz CT molecular complexity index is 999. The van der Waals surface area contributed by atoms with Crippen LogP contribution in [0.4, 0.5) is 5.69 Å². The normalized spacial score (nSPS) is 10.4. The molecule has 0 spiro atoms. The minimum atomic E-state index is -0.0147. The molecule has 0 atom stereocenters. The third-order valence-electron chi connectivity index (χ3n) is 4.86. The third kappa shape index (κ3) is 5.91. The van der Waals surface area contributed by atoms with E-state index < -0.39 is 0 Å². The second-order valence-corrected chi connectivity index (χ2v) is 7.00. The Labute approximate surface area is 176 Å². The van der Waals surface area contributed by atoms with E-state index in [2.05, 4.69) is 10.3 Å². The molecule has 6 heteroatoms. The highest BCUT2D eigenvalue weighted by Crippen LogP contribution is 2.14. The number of nitrogens with one attached hydrogen (secondary N) is 1. The number of hydrogen-bond acceptors (Lipinski definition) is 5. The molecule has 3 aromatic rings. The molecule has 0 bridgehead atoms. The van der Waals surface area contributed by atoms with Crippen LogP contribution in [0.5, 0.6) is 5.75 Å². The van der Waals surface area contributed by atoms with Crippen molar-refractivity contribution in [1.29, 1.82) is 0 Å². The van der Waals surface area contributed by atoms with Crippen molar-refractivity contribution in [2.24, 2.45) is 0 Å². The van der Waals surface area contributed by atoms with Crippen molar-refractivity contribution in [3.8, 4) is 5.75 Å². The van der Waals surface area contributed by atoms with Crippen LogP contribution in [-0.2, 0) is 24.2 Å². The minimum absolute atomic E-state index is 0.0111. The maximum Gasteiger partial charge on any atom is 0.220 e. The number of pyridine rings is 1. The van der Waals surface area contributed by atoms with Gasteiger partial charge in [-0.3, -0.25) is 14.6 Å². The van der Waals surface area contributed by atoms with Gasteiger partial charge in [0.1, 0.15) is 5.75 Å². The van der Waals surface area contributed by atoms with Crippen LogP contribution in [0.25, 0.3) is 0 Å². The van der Waals surface area contributed by atoms with Gasteiger partial charge in [0, 0.05) is 31.1 Å². The first kappa shape index (κ1) is 21.0. The molecule has 6 nitrogen and oxygen atoms in total. The van der Waals surface area contributed by atoms with Crippen molar-refractivity contribution in [3.63, 3.8) is 0 Å². The molecule has 1 aromatic heterocycles. The van der Waals surface area contributed by atoms with Crippen LogP contribution < -0.4 is 15.8 Å². The molecule has 0 saturated carbocycles. The molecular formula is C24H25N3O3. The van der Waals surface area contributed by atoms with Crippen molar-refractivity contribution in [1.82, 2.24) is 10.3 Å². The number of ether oxygens (including phenoxy) is 1. The van der Waals surface area contributed by atoms with Crippen LogP contribution >= 0.6 is 0 Å². The number of amides is 1. The van der Waals surface area contributed by atoms with Gasteiger partial charge in [-0.1, -0.05) is 36.4 Å². The Balaban J connectivity index is 1.46. The van der Waals surface area contributed by atoms with E-state index in [1.165, 1.54) is 0 Å². The molecule has 1 amide bonds. The topological polar surface area (TPSA) is 94.3 Å². The number of benzene rings is 2. The van der Waals surface area contributed by atoms with Crippen molar-refractivity contribution in [3.05, 3.63) is 89.2 Å². The summed E-state index contributed by atoms with van der Waals surface area (Å²) < 4.78 is 5.13. The highest BCUT2D eigenvalue weighted by molar-refractivity contribution is 5.98. The Morgan fingerprint density at radius 3 is 2.37 bits per heavy atom. The smallest absolute Gasteiger partial charge is 0.220 e. The number of methoxy groups -OCH3 is 1. The van der Waals surface area contributed by atoms with Crippen LogP contribution in [0, 0.1) is 0 Å². The number of nitrogens with two attached hydrogens (primary N) is 1. The standard InChI is InChI=1S/C24H25N3O3/c1-30-21-9-4-17(5-10-21)6-11-24(29)27-15-18-2-7-19(8-3-18)23(28)14-20-12-13-26-16-22(20)25/h2-5,7-10,12-13,16H,6,11,14-15,25H2,1H3,(H,27,29). The van der Waals surface area contributed by atoms with Gasteiger partial charge in [-0.05, 0) is 41.3 Å². The van der Waals surface area contributed by atoms with Gasteiger partial charge in [-0.2, -0.15) is 0 Å². The van der Waals surface area contributed by atoms with E-state index in [0.717, 1.165) is 22.4 Å². The third-order valence-corrected chi connectivity index (χ3v) is 4.86. The van der Waals surface area contributed by atoms with Gasteiger partial charge in [0.2, 0.25) is 5.91 Å². The molecule has 0 aliphatic heterocycles. The van der Waals surface area contributed by atoms with Crippen molar-refractivity contribution < 1.29 is 14.3 Å². The molecule has 0 saturated heterocycles. The average molecular weight is 403 g/mol. The van der Waals surface area contributed by atoms with E-state index in [9.17, 15) is 9.59 Å². The molecule has 0 aliphatic carbocycles. The van der Waals surface area contributed by atoms with Gasteiger partial charge in [0.05, 0.1) is 19.0 Å². The Morgan fingerprint density at radius 2 is 1.70 bits per heavy atom. The van der Waals surface area contributed by atoms with Crippen LogP contribution in [0.3, 0.4) is 0 Å². The summed E-state index contributed by atoms with van der Waals surface area (Å²) in [6.07, 6.45) is 4.48. The lowest BCUT2D eigenvalue weighted by Crippen LogP contribution is -2.23. The van der Waals surface area contributed by atoms with Gasteiger partial charge in [0.25, 0.3) is 0 Å². The van der Waals surface area contributed by atoms with E-state index in [4.69, 9.17) is 10.5 Å². The summed E-state index contributed by atoms with van der Waals surface area (Å²) in [4.78, 5) is 28.5. The number of nitrogen functional groups attached to an aromatic ring is 1. The number of aryl methyl sites for hydroxylation is 1. The average Bonchev–Trinajstić information content (AvgIpc) is 2.78.